The summed E-state index contributed by atoms with van der Waals surface area (Å²) in [5.74, 6) is 1.31. The van der Waals surface area contributed by atoms with Crippen LogP contribution >= 0.6 is 34.5 Å². The van der Waals surface area contributed by atoms with Gasteiger partial charge in [0, 0.05) is 23.2 Å². The summed E-state index contributed by atoms with van der Waals surface area (Å²) in [6, 6.07) is 10.9. The highest BCUT2D eigenvalue weighted by Gasteiger charge is 2.13. The molecular formula is C17H10Cl2N4OS. The first-order valence-corrected chi connectivity index (χ1v) is 8.88. The molecule has 0 saturated carbocycles. The number of nitrogens with one attached hydrogen (secondary N) is 1. The van der Waals surface area contributed by atoms with Gasteiger partial charge in [-0.15, -0.1) is 11.3 Å². The minimum Gasteiger partial charge on any atom is -0.353 e. The van der Waals surface area contributed by atoms with Gasteiger partial charge in [0.05, 0.1) is 21.9 Å². The van der Waals surface area contributed by atoms with Gasteiger partial charge < -0.3 is 9.84 Å². The Morgan fingerprint density at radius 2 is 2.00 bits per heavy atom. The molecule has 0 spiro atoms. The fourth-order valence-electron chi connectivity index (χ4n) is 2.20. The number of aromatic nitrogens is 3. The molecule has 4 aromatic rings. The maximum atomic E-state index is 6.05. The first kappa shape index (κ1) is 16.1. The molecule has 0 bridgehead atoms. The van der Waals surface area contributed by atoms with Crippen LogP contribution in [0.15, 0.2) is 58.7 Å². The van der Waals surface area contributed by atoms with Gasteiger partial charge in [-0.3, -0.25) is 4.98 Å². The van der Waals surface area contributed by atoms with E-state index in [2.05, 4.69) is 20.4 Å². The number of pyridine rings is 1. The number of thiazole rings is 1. The number of halogens is 2. The largest absolute Gasteiger partial charge is 0.353 e. The smallest absolute Gasteiger partial charge is 0.196 e. The van der Waals surface area contributed by atoms with Gasteiger partial charge in [-0.25, -0.2) is 4.98 Å². The van der Waals surface area contributed by atoms with Crippen LogP contribution in [-0.4, -0.2) is 15.1 Å². The third kappa shape index (κ3) is 3.51. The molecule has 25 heavy (non-hydrogen) atoms. The van der Waals surface area contributed by atoms with Crippen LogP contribution in [0.3, 0.4) is 0 Å². The van der Waals surface area contributed by atoms with Crippen molar-refractivity contribution in [2.75, 3.05) is 5.32 Å². The van der Waals surface area contributed by atoms with Crippen molar-refractivity contribution in [3.05, 3.63) is 64.2 Å². The summed E-state index contributed by atoms with van der Waals surface area (Å²) in [6.45, 7) is 0. The topological polar surface area (TPSA) is 63.8 Å². The van der Waals surface area contributed by atoms with Gasteiger partial charge in [0.15, 0.2) is 10.8 Å². The molecule has 5 nitrogen and oxygen atoms in total. The fraction of sp³-hybridized carbons (Fsp3) is 0. The summed E-state index contributed by atoms with van der Waals surface area (Å²) in [4.78, 5) is 8.57. The Balaban J connectivity index is 1.57. The van der Waals surface area contributed by atoms with Crippen molar-refractivity contribution in [1.82, 2.24) is 15.1 Å². The van der Waals surface area contributed by atoms with Gasteiger partial charge in [0.25, 0.3) is 0 Å². The van der Waals surface area contributed by atoms with Crippen LogP contribution in [-0.2, 0) is 0 Å². The van der Waals surface area contributed by atoms with E-state index in [1.165, 1.54) is 11.3 Å². The SMILES string of the molecule is Clc1ccc(-c2cc(-c3nc(Nc4cccnc4)cs3)on2)cc1Cl. The lowest BCUT2D eigenvalue weighted by Gasteiger charge is -2.00. The molecule has 0 aliphatic rings. The Kier molecular flexibility index (Phi) is 4.40. The van der Waals surface area contributed by atoms with Crippen molar-refractivity contribution < 1.29 is 4.52 Å². The molecule has 0 aliphatic heterocycles. The lowest BCUT2D eigenvalue weighted by molar-refractivity contribution is 0.435. The molecule has 3 aromatic heterocycles. The lowest BCUT2D eigenvalue weighted by Crippen LogP contribution is -1.90. The van der Waals surface area contributed by atoms with E-state index in [0.717, 1.165) is 22.1 Å². The van der Waals surface area contributed by atoms with Crippen LogP contribution in [0.4, 0.5) is 11.5 Å². The van der Waals surface area contributed by atoms with Gasteiger partial charge in [-0.05, 0) is 24.3 Å². The highest BCUT2D eigenvalue weighted by atomic mass is 35.5. The van der Waals surface area contributed by atoms with Crippen molar-refractivity contribution in [1.29, 1.82) is 0 Å². The first-order chi connectivity index (χ1) is 12.2. The highest BCUT2D eigenvalue weighted by Crippen LogP contribution is 2.32. The summed E-state index contributed by atoms with van der Waals surface area (Å²) >= 11 is 13.5. The Morgan fingerprint density at radius 1 is 1.08 bits per heavy atom. The van der Waals surface area contributed by atoms with E-state index in [1.54, 1.807) is 24.5 Å². The number of nitrogens with zero attached hydrogens (tertiary/aromatic N) is 3. The van der Waals surface area contributed by atoms with Gasteiger partial charge >= 0.3 is 0 Å². The zero-order valence-corrected chi connectivity index (χ0v) is 14.9. The van der Waals surface area contributed by atoms with Crippen molar-refractivity contribution >= 4 is 46.0 Å². The highest BCUT2D eigenvalue weighted by molar-refractivity contribution is 7.13. The van der Waals surface area contributed by atoms with Gasteiger partial charge in [-0.2, -0.15) is 0 Å². The minimum absolute atomic E-state index is 0.473. The molecule has 0 aliphatic carbocycles. The summed E-state index contributed by atoms with van der Waals surface area (Å²) in [5, 5.41) is 10.9. The second kappa shape index (κ2) is 6.84. The number of hydrogen-bond acceptors (Lipinski definition) is 6. The van der Waals surface area contributed by atoms with E-state index >= 15 is 0 Å². The first-order valence-electron chi connectivity index (χ1n) is 7.24. The van der Waals surface area contributed by atoms with E-state index in [0.29, 0.717) is 21.5 Å². The maximum Gasteiger partial charge on any atom is 0.196 e. The minimum atomic E-state index is 0.473. The van der Waals surface area contributed by atoms with Crippen molar-refractivity contribution in [2.24, 2.45) is 0 Å². The van der Waals surface area contributed by atoms with E-state index in [-0.39, 0.29) is 0 Å². The molecule has 0 amide bonds. The fourth-order valence-corrected chi connectivity index (χ4v) is 3.19. The van der Waals surface area contributed by atoms with E-state index in [9.17, 15) is 0 Å². The molecule has 0 saturated heterocycles. The molecular weight excluding hydrogens is 379 g/mol. The second-order valence-electron chi connectivity index (χ2n) is 5.11. The Labute approximate surface area is 157 Å². The third-order valence-corrected chi connectivity index (χ3v) is 4.97. The molecule has 0 unspecified atom stereocenters. The monoisotopic (exact) mass is 388 g/mol. The molecule has 8 heteroatoms. The third-order valence-electron chi connectivity index (χ3n) is 3.37. The Bertz CT molecular complexity index is 1020. The Hall–Kier alpha value is -2.41. The molecule has 124 valence electrons. The van der Waals surface area contributed by atoms with Crippen LogP contribution < -0.4 is 5.32 Å². The van der Waals surface area contributed by atoms with E-state index in [1.807, 2.05) is 29.6 Å². The normalized spacial score (nSPS) is 10.8. The molecule has 0 fully saturated rings. The summed E-state index contributed by atoms with van der Waals surface area (Å²) < 4.78 is 5.42. The summed E-state index contributed by atoms with van der Waals surface area (Å²) in [5.41, 5.74) is 2.37. The van der Waals surface area contributed by atoms with Crippen molar-refractivity contribution in [3.63, 3.8) is 0 Å². The van der Waals surface area contributed by atoms with Crippen molar-refractivity contribution in [3.8, 4) is 22.0 Å². The van der Waals surface area contributed by atoms with Gasteiger partial charge in [0.2, 0.25) is 0 Å². The quantitative estimate of drug-likeness (QED) is 0.470. The average Bonchev–Trinajstić information content (AvgIpc) is 3.27. The molecule has 3 heterocycles. The number of rotatable bonds is 4. The Morgan fingerprint density at radius 3 is 2.80 bits per heavy atom. The summed E-state index contributed by atoms with van der Waals surface area (Å²) in [7, 11) is 0. The number of hydrogen-bond donors (Lipinski definition) is 1. The van der Waals surface area contributed by atoms with Crippen LogP contribution in [0.2, 0.25) is 10.0 Å². The molecule has 4 rings (SSSR count). The molecule has 0 atom stereocenters. The van der Waals surface area contributed by atoms with E-state index in [4.69, 9.17) is 27.7 Å². The van der Waals surface area contributed by atoms with Crippen LogP contribution in [0.5, 0.6) is 0 Å². The van der Waals surface area contributed by atoms with Crippen LogP contribution in [0.25, 0.3) is 22.0 Å². The lowest BCUT2D eigenvalue weighted by atomic mass is 10.1. The van der Waals surface area contributed by atoms with Crippen LogP contribution in [0, 0.1) is 0 Å². The molecule has 1 aromatic carbocycles. The average molecular weight is 389 g/mol. The standard InChI is InChI=1S/C17H10Cl2N4OS/c18-12-4-3-10(6-13(12)19)14-7-15(24-23-14)17-22-16(9-25-17)21-11-2-1-5-20-8-11/h1-9,21H. The zero-order valence-electron chi connectivity index (χ0n) is 12.6. The van der Waals surface area contributed by atoms with Gasteiger partial charge in [0.1, 0.15) is 11.5 Å². The number of benzene rings is 1. The maximum absolute atomic E-state index is 6.05. The second-order valence-corrected chi connectivity index (χ2v) is 6.78. The predicted octanol–water partition coefficient (Wildman–Crippen LogP) is 5.91. The van der Waals surface area contributed by atoms with Crippen LogP contribution in [0.1, 0.15) is 0 Å². The summed E-state index contributed by atoms with van der Waals surface area (Å²) in [6.07, 6.45) is 3.45. The zero-order chi connectivity index (χ0) is 17.2. The van der Waals surface area contributed by atoms with Crippen molar-refractivity contribution in [2.45, 2.75) is 0 Å². The number of anilines is 2. The molecule has 1 N–H and O–H groups in total. The molecule has 0 radical (unpaired) electrons. The predicted molar refractivity (Wildman–Crippen MR) is 101 cm³/mol. The van der Waals surface area contributed by atoms with E-state index < -0.39 is 0 Å². The van der Waals surface area contributed by atoms with Gasteiger partial charge in [-0.1, -0.05) is 34.4 Å².